The molecule has 0 saturated heterocycles. The van der Waals surface area contributed by atoms with Crippen LogP contribution < -0.4 is 5.43 Å². The Morgan fingerprint density at radius 3 is 2.59 bits per heavy atom. The monoisotopic (exact) mass is 382 g/mol. The van der Waals surface area contributed by atoms with Crippen LogP contribution >= 0.6 is 0 Å². The van der Waals surface area contributed by atoms with Gasteiger partial charge < -0.3 is 5.11 Å². The summed E-state index contributed by atoms with van der Waals surface area (Å²) in [6.07, 6.45) is 3.40. The van der Waals surface area contributed by atoms with Gasteiger partial charge in [0.1, 0.15) is 5.75 Å². The van der Waals surface area contributed by atoms with E-state index in [1.165, 1.54) is 0 Å². The van der Waals surface area contributed by atoms with E-state index in [4.69, 9.17) is 0 Å². The normalized spacial score (nSPS) is 11.4. The second-order valence-corrected chi connectivity index (χ2v) is 6.47. The molecule has 2 N–H and O–H groups in total. The molecule has 6 heteroatoms. The molecule has 2 heterocycles. The second-order valence-electron chi connectivity index (χ2n) is 6.47. The van der Waals surface area contributed by atoms with Crippen LogP contribution in [0.2, 0.25) is 0 Å². The van der Waals surface area contributed by atoms with Crippen molar-refractivity contribution in [3.63, 3.8) is 0 Å². The number of hydrazone groups is 1. The molecular formula is C23H18N4O2. The van der Waals surface area contributed by atoms with Crippen LogP contribution in [0.5, 0.6) is 5.75 Å². The predicted molar refractivity (Wildman–Crippen MR) is 113 cm³/mol. The topological polar surface area (TPSA) is 87.5 Å². The van der Waals surface area contributed by atoms with Gasteiger partial charge in [-0.1, -0.05) is 30.3 Å². The van der Waals surface area contributed by atoms with E-state index in [1.807, 2.05) is 36.4 Å². The highest BCUT2D eigenvalue weighted by molar-refractivity contribution is 6.08. The Hall–Kier alpha value is -4.06. The Morgan fingerprint density at radius 2 is 1.79 bits per heavy atom. The lowest BCUT2D eigenvalue weighted by Gasteiger charge is -2.09. The first-order valence-electron chi connectivity index (χ1n) is 9.06. The van der Waals surface area contributed by atoms with Crippen LogP contribution in [0, 0.1) is 0 Å². The number of benzene rings is 2. The van der Waals surface area contributed by atoms with Crippen molar-refractivity contribution in [3.8, 4) is 17.0 Å². The van der Waals surface area contributed by atoms with E-state index in [2.05, 4.69) is 20.5 Å². The number of aromatic hydroxyl groups is 1. The Balaban J connectivity index is 1.72. The van der Waals surface area contributed by atoms with E-state index in [0.717, 1.165) is 10.9 Å². The first kappa shape index (κ1) is 18.3. The number of fused-ring (bicyclic) bond motifs is 1. The molecule has 4 aromatic rings. The summed E-state index contributed by atoms with van der Waals surface area (Å²) in [7, 11) is 0. The van der Waals surface area contributed by atoms with E-state index in [9.17, 15) is 9.90 Å². The minimum absolute atomic E-state index is 0.108. The van der Waals surface area contributed by atoms with Crippen molar-refractivity contribution in [2.24, 2.45) is 5.10 Å². The minimum atomic E-state index is -0.358. The molecule has 0 radical (unpaired) electrons. The van der Waals surface area contributed by atoms with Crippen molar-refractivity contribution in [3.05, 3.63) is 90.3 Å². The molecule has 4 rings (SSSR count). The SMILES string of the molecule is C/C(=N\NC(=O)c1cc(-c2cccnc2)nc2ccccc12)c1ccccc1O. The fourth-order valence-electron chi connectivity index (χ4n) is 3.06. The molecule has 0 atom stereocenters. The average Bonchev–Trinajstić information content (AvgIpc) is 2.77. The van der Waals surface area contributed by atoms with E-state index in [1.54, 1.807) is 49.6 Å². The maximum Gasteiger partial charge on any atom is 0.272 e. The molecule has 1 amide bonds. The number of aromatic nitrogens is 2. The third-order valence-electron chi connectivity index (χ3n) is 4.54. The summed E-state index contributed by atoms with van der Waals surface area (Å²) in [5, 5.41) is 14.9. The molecule has 2 aromatic heterocycles. The second kappa shape index (κ2) is 7.90. The number of pyridine rings is 2. The standard InChI is InChI=1S/C23H18N4O2/c1-15(17-8-3-5-11-22(17)28)26-27-23(29)19-13-21(16-7-6-12-24-14-16)25-20-10-4-2-9-18(19)20/h2-14,28H,1H3,(H,27,29)/b26-15+. The van der Waals surface area contributed by atoms with Crippen LogP contribution in [-0.4, -0.2) is 26.7 Å². The van der Waals surface area contributed by atoms with Crippen molar-refractivity contribution >= 4 is 22.5 Å². The van der Waals surface area contributed by atoms with Gasteiger partial charge in [-0.3, -0.25) is 9.78 Å². The highest BCUT2D eigenvalue weighted by atomic mass is 16.3. The Bertz CT molecular complexity index is 1220. The van der Waals surface area contributed by atoms with Gasteiger partial charge in [-0.25, -0.2) is 10.4 Å². The van der Waals surface area contributed by atoms with Crippen LogP contribution in [-0.2, 0) is 0 Å². The molecule has 2 aromatic carbocycles. The summed E-state index contributed by atoms with van der Waals surface area (Å²) < 4.78 is 0. The lowest BCUT2D eigenvalue weighted by Crippen LogP contribution is -2.20. The number of para-hydroxylation sites is 2. The number of carbonyl (C=O) groups excluding carboxylic acids is 1. The third kappa shape index (κ3) is 3.82. The molecule has 142 valence electrons. The number of carbonyl (C=O) groups is 1. The van der Waals surface area contributed by atoms with Gasteiger partial charge in [0.15, 0.2) is 0 Å². The molecule has 0 aliphatic heterocycles. The summed E-state index contributed by atoms with van der Waals surface area (Å²) in [4.78, 5) is 21.7. The quantitative estimate of drug-likeness (QED) is 0.410. The summed E-state index contributed by atoms with van der Waals surface area (Å²) in [5.41, 5.74) is 6.30. The lowest BCUT2D eigenvalue weighted by atomic mass is 10.0. The Labute approximate surface area is 167 Å². The van der Waals surface area contributed by atoms with Crippen LogP contribution in [0.1, 0.15) is 22.8 Å². The average molecular weight is 382 g/mol. The number of phenols is 1. The maximum absolute atomic E-state index is 12.9. The van der Waals surface area contributed by atoms with Crippen molar-refractivity contribution in [1.82, 2.24) is 15.4 Å². The van der Waals surface area contributed by atoms with Gasteiger partial charge in [-0.15, -0.1) is 0 Å². The van der Waals surface area contributed by atoms with Gasteiger partial charge >= 0.3 is 0 Å². The molecule has 0 aliphatic carbocycles. The zero-order valence-electron chi connectivity index (χ0n) is 15.7. The fourth-order valence-corrected chi connectivity index (χ4v) is 3.06. The molecule has 0 unspecified atom stereocenters. The number of rotatable bonds is 4. The zero-order valence-corrected chi connectivity index (χ0v) is 15.7. The van der Waals surface area contributed by atoms with Crippen molar-refractivity contribution in [2.75, 3.05) is 0 Å². The van der Waals surface area contributed by atoms with E-state index in [-0.39, 0.29) is 11.7 Å². The summed E-state index contributed by atoms with van der Waals surface area (Å²) in [6.45, 7) is 1.72. The molecule has 0 aliphatic rings. The number of phenolic OH excluding ortho intramolecular Hbond substituents is 1. The van der Waals surface area contributed by atoms with E-state index in [0.29, 0.717) is 28.0 Å². The van der Waals surface area contributed by atoms with E-state index >= 15 is 0 Å². The van der Waals surface area contributed by atoms with Gasteiger partial charge in [0.25, 0.3) is 5.91 Å². The first-order chi connectivity index (χ1) is 14.1. The number of amides is 1. The zero-order chi connectivity index (χ0) is 20.2. The van der Waals surface area contributed by atoms with Crippen molar-refractivity contribution in [2.45, 2.75) is 6.92 Å². The van der Waals surface area contributed by atoms with Crippen LogP contribution in [0.15, 0.2) is 84.2 Å². The molecule has 0 fully saturated rings. The smallest absolute Gasteiger partial charge is 0.272 e. The first-order valence-corrected chi connectivity index (χ1v) is 9.06. The van der Waals surface area contributed by atoms with Gasteiger partial charge in [0, 0.05) is 28.9 Å². The van der Waals surface area contributed by atoms with Crippen LogP contribution in [0.4, 0.5) is 0 Å². The molecular weight excluding hydrogens is 364 g/mol. The van der Waals surface area contributed by atoms with Crippen LogP contribution in [0.3, 0.4) is 0 Å². The molecule has 6 nitrogen and oxygen atoms in total. The molecule has 0 saturated carbocycles. The largest absolute Gasteiger partial charge is 0.507 e. The van der Waals surface area contributed by atoms with Gasteiger partial charge in [-0.2, -0.15) is 5.10 Å². The number of hydrogen-bond acceptors (Lipinski definition) is 5. The Morgan fingerprint density at radius 1 is 1.00 bits per heavy atom. The fraction of sp³-hybridized carbons (Fsp3) is 0.0435. The minimum Gasteiger partial charge on any atom is -0.507 e. The summed E-state index contributed by atoms with van der Waals surface area (Å²) in [6, 6.07) is 19.8. The number of nitrogens with zero attached hydrogens (tertiary/aromatic N) is 3. The number of hydrogen-bond donors (Lipinski definition) is 2. The maximum atomic E-state index is 12.9. The third-order valence-corrected chi connectivity index (χ3v) is 4.54. The molecule has 0 spiro atoms. The van der Waals surface area contributed by atoms with Crippen molar-refractivity contribution < 1.29 is 9.90 Å². The predicted octanol–water partition coefficient (Wildman–Crippen LogP) is 4.16. The van der Waals surface area contributed by atoms with Gasteiger partial charge in [-0.05, 0) is 43.3 Å². The summed E-state index contributed by atoms with van der Waals surface area (Å²) >= 11 is 0. The summed E-state index contributed by atoms with van der Waals surface area (Å²) in [5.74, 6) is -0.250. The van der Waals surface area contributed by atoms with Crippen molar-refractivity contribution in [1.29, 1.82) is 0 Å². The van der Waals surface area contributed by atoms with Gasteiger partial charge in [0.2, 0.25) is 0 Å². The van der Waals surface area contributed by atoms with Crippen LogP contribution in [0.25, 0.3) is 22.2 Å². The lowest BCUT2D eigenvalue weighted by molar-refractivity contribution is 0.0956. The number of nitrogens with one attached hydrogen (secondary N) is 1. The Kier molecular flexibility index (Phi) is 4.99. The highest BCUT2D eigenvalue weighted by Crippen LogP contribution is 2.24. The molecule has 29 heavy (non-hydrogen) atoms. The molecule has 0 bridgehead atoms. The highest BCUT2D eigenvalue weighted by Gasteiger charge is 2.14. The van der Waals surface area contributed by atoms with Gasteiger partial charge in [0.05, 0.1) is 22.5 Å². The van der Waals surface area contributed by atoms with E-state index < -0.39 is 0 Å².